The molecule has 1 aromatic rings. The van der Waals surface area contributed by atoms with Crippen molar-refractivity contribution < 1.29 is 5.11 Å². The molecule has 82 valence electrons. The van der Waals surface area contributed by atoms with Crippen LogP contribution in [0.3, 0.4) is 0 Å². The van der Waals surface area contributed by atoms with Crippen molar-refractivity contribution >= 4 is 15.9 Å². The van der Waals surface area contributed by atoms with E-state index >= 15 is 0 Å². The predicted molar refractivity (Wildman–Crippen MR) is 60.2 cm³/mol. The van der Waals surface area contributed by atoms with Crippen molar-refractivity contribution in [2.24, 2.45) is 0 Å². The summed E-state index contributed by atoms with van der Waals surface area (Å²) in [4.78, 5) is 0. The highest BCUT2D eigenvalue weighted by molar-refractivity contribution is 9.10. The molecule has 1 saturated carbocycles. The van der Waals surface area contributed by atoms with Crippen LogP contribution >= 0.6 is 15.9 Å². The van der Waals surface area contributed by atoms with Gasteiger partial charge in [-0.15, -0.1) is 5.10 Å². The summed E-state index contributed by atoms with van der Waals surface area (Å²) in [6.07, 6.45) is 2.85. The Labute approximate surface area is 97.2 Å². The predicted octanol–water partition coefficient (Wildman–Crippen LogP) is 1.24. The Morgan fingerprint density at radius 2 is 2.27 bits per heavy atom. The van der Waals surface area contributed by atoms with Crippen molar-refractivity contribution in [2.75, 3.05) is 0 Å². The number of hydrogen-bond donors (Lipinski definition) is 2. The van der Waals surface area contributed by atoms with Gasteiger partial charge in [0.1, 0.15) is 4.60 Å². The molecule has 0 unspecified atom stereocenters. The minimum atomic E-state index is -0.201. The van der Waals surface area contributed by atoms with Crippen molar-refractivity contribution in [3.05, 3.63) is 22.4 Å². The first-order chi connectivity index (χ1) is 7.25. The molecule has 0 bridgehead atoms. The van der Waals surface area contributed by atoms with Gasteiger partial charge in [0.05, 0.1) is 11.8 Å². The average Bonchev–Trinajstić information content (AvgIpc) is 2.63. The van der Waals surface area contributed by atoms with Gasteiger partial charge in [0.25, 0.3) is 0 Å². The largest absolute Gasteiger partial charge is 0.392 e. The third kappa shape index (κ3) is 2.96. The van der Waals surface area contributed by atoms with Gasteiger partial charge in [-0.1, -0.05) is 0 Å². The highest BCUT2D eigenvalue weighted by atomic mass is 79.9. The number of nitrogens with one attached hydrogen (secondary N) is 1. The number of aliphatic hydroxyl groups excluding tert-OH is 1. The van der Waals surface area contributed by atoms with Gasteiger partial charge in [0.2, 0.25) is 0 Å². The molecule has 1 fully saturated rings. The second-order valence-electron chi connectivity index (χ2n) is 3.83. The van der Waals surface area contributed by atoms with Crippen LogP contribution in [0.5, 0.6) is 0 Å². The summed E-state index contributed by atoms with van der Waals surface area (Å²) in [6, 6.07) is 4.01. The monoisotopic (exact) mass is 271 g/mol. The number of nitrogens with zero attached hydrogens (tertiary/aromatic N) is 2. The molecule has 0 spiro atoms. The highest BCUT2D eigenvalue weighted by Crippen LogP contribution is 2.18. The molecule has 1 aromatic heterocycles. The zero-order valence-corrected chi connectivity index (χ0v) is 9.94. The van der Waals surface area contributed by atoms with Gasteiger partial charge in [0.15, 0.2) is 0 Å². The second-order valence-corrected chi connectivity index (χ2v) is 4.65. The van der Waals surface area contributed by atoms with Crippen LogP contribution in [0.15, 0.2) is 16.7 Å². The van der Waals surface area contributed by atoms with Crippen LogP contribution < -0.4 is 5.32 Å². The lowest BCUT2D eigenvalue weighted by Gasteiger charge is -2.15. The Hall–Kier alpha value is -0.520. The third-order valence-electron chi connectivity index (χ3n) is 2.71. The van der Waals surface area contributed by atoms with Gasteiger partial charge in [-0.2, -0.15) is 5.10 Å². The van der Waals surface area contributed by atoms with Crippen LogP contribution in [0.25, 0.3) is 0 Å². The molecule has 0 saturated heterocycles. The van der Waals surface area contributed by atoms with E-state index in [0.717, 1.165) is 29.6 Å². The zero-order chi connectivity index (χ0) is 10.7. The molecule has 2 atom stereocenters. The number of aromatic nitrogens is 2. The summed E-state index contributed by atoms with van der Waals surface area (Å²) in [5.74, 6) is 0. The molecular formula is C10H14BrN3O. The SMILES string of the molecule is O[C@@H]1CCC[C@H]1NCc1ccc(Br)nn1. The van der Waals surface area contributed by atoms with Gasteiger partial charge in [-0.05, 0) is 47.3 Å². The fourth-order valence-electron chi connectivity index (χ4n) is 1.85. The molecule has 0 aliphatic heterocycles. The Kier molecular flexibility index (Phi) is 3.66. The third-order valence-corrected chi connectivity index (χ3v) is 3.14. The van der Waals surface area contributed by atoms with E-state index in [9.17, 15) is 5.11 Å². The van der Waals surface area contributed by atoms with E-state index in [1.54, 1.807) is 0 Å². The van der Waals surface area contributed by atoms with Crippen molar-refractivity contribution in [3.8, 4) is 0 Å². The van der Waals surface area contributed by atoms with E-state index in [1.807, 2.05) is 12.1 Å². The summed E-state index contributed by atoms with van der Waals surface area (Å²) in [6.45, 7) is 0.669. The van der Waals surface area contributed by atoms with Gasteiger partial charge in [-0.3, -0.25) is 0 Å². The van der Waals surface area contributed by atoms with Crippen LogP contribution in [0.1, 0.15) is 25.0 Å². The first-order valence-corrected chi connectivity index (χ1v) is 5.94. The normalized spacial score (nSPS) is 25.7. The summed E-state index contributed by atoms with van der Waals surface area (Å²) in [7, 11) is 0. The molecule has 2 N–H and O–H groups in total. The van der Waals surface area contributed by atoms with Crippen LogP contribution in [0.4, 0.5) is 0 Å². The number of halogens is 1. The van der Waals surface area contributed by atoms with Crippen molar-refractivity contribution in [1.82, 2.24) is 15.5 Å². The van der Waals surface area contributed by atoms with Crippen molar-refractivity contribution in [1.29, 1.82) is 0 Å². The van der Waals surface area contributed by atoms with Crippen LogP contribution in [0, 0.1) is 0 Å². The average molecular weight is 272 g/mol. The molecule has 15 heavy (non-hydrogen) atoms. The summed E-state index contributed by atoms with van der Waals surface area (Å²) in [5.41, 5.74) is 0.900. The fourth-order valence-corrected chi connectivity index (χ4v) is 2.06. The summed E-state index contributed by atoms with van der Waals surface area (Å²) < 4.78 is 0.743. The van der Waals surface area contributed by atoms with E-state index in [1.165, 1.54) is 0 Å². The molecule has 4 nitrogen and oxygen atoms in total. The first-order valence-electron chi connectivity index (χ1n) is 5.15. The minimum Gasteiger partial charge on any atom is -0.392 e. The molecule has 0 amide bonds. The van der Waals surface area contributed by atoms with E-state index < -0.39 is 0 Å². The molecule has 5 heteroatoms. The molecule has 1 aliphatic rings. The Morgan fingerprint density at radius 3 is 2.87 bits per heavy atom. The number of hydrogen-bond acceptors (Lipinski definition) is 4. The van der Waals surface area contributed by atoms with Crippen molar-refractivity contribution in [2.45, 2.75) is 38.0 Å². The fraction of sp³-hybridized carbons (Fsp3) is 0.600. The number of aliphatic hydroxyl groups is 1. The highest BCUT2D eigenvalue weighted by Gasteiger charge is 2.24. The van der Waals surface area contributed by atoms with Gasteiger partial charge in [0, 0.05) is 12.6 Å². The lowest BCUT2D eigenvalue weighted by atomic mass is 10.2. The second kappa shape index (κ2) is 5.01. The first kappa shape index (κ1) is 11.0. The molecule has 0 radical (unpaired) electrons. The van der Waals surface area contributed by atoms with Gasteiger partial charge < -0.3 is 10.4 Å². The van der Waals surface area contributed by atoms with E-state index in [2.05, 4.69) is 31.4 Å². The molecule has 1 aliphatic carbocycles. The lowest BCUT2D eigenvalue weighted by Crippen LogP contribution is -2.35. The number of rotatable bonds is 3. The van der Waals surface area contributed by atoms with Gasteiger partial charge in [-0.25, -0.2) is 0 Å². The van der Waals surface area contributed by atoms with Crippen molar-refractivity contribution in [3.63, 3.8) is 0 Å². The van der Waals surface area contributed by atoms with Gasteiger partial charge >= 0.3 is 0 Å². The Balaban J connectivity index is 1.85. The summed E-state index contributed by atoms with van der Waals surface area (Å²) in [5, 5.41) is 20.8. The summed E-state index contributed by atoms with van der Waals surface area (Å²) >= 11 is 3.24. The lowest BCUT2D eigenvalue weighted by molar-refractivity contribution is 0.148. The maximum absolute atomic E-state index is 9.61. The topological polar surface area (TPSA) is 58.0 Å². The van der Waals surface area contributed by atoms with Crippen LogP contribution in [-0.2, 0) is 6.54 Å². The van der Waals surface area contributed by atoms with Crippen LogP contribution in [-0.4, -0.2) is 27.4 Å². The van der Waals surface area contributed by atoms with E-state index in [0.29, 0.717) is 6.54 Å². The molecule has 1 heterocycles. The van der Waals surface area contributed by atoms with Crippen LogP contribution in [0.2, 0.25) is 0 Å². The molecule has 2 rings (SSSR count). The minimum absolute atomic E-state index is 0.201. The molecule has 0 aromatic carbocycles. The smallest absolute Gasteiger partial charge is 0.128 e. The zero-order valence-electron chi connectivity index (χ0n) is 8.36. The Bertz CT molecular complexity index is 317. The van der Waals surface area contributed by atoms with E-state index in [-0.39, 0.29) is 12.1 Å². The van der Waals surface area contributed by atoms with E-state index in [4.69, 9.17) is 0 Å². The quantitative estimate of drug-likeness (QED) is 0.869. The maximum Gasteiger partial charge on any atom is 0.128 e. The Morgan fingerprint density at radius 1 is 1.40 bits per heavy atom. The maximum atomic E-state index is 9.61. The molecular weight excluding hydrogens is 258 g/mol. The standard InChI is InChI=1S/C10H14BrN3O/c11-10-5-4-7(13-14-10)6-12-8-2-1-3-9(8)15/h4-5,8-9,12,15H,1-3,6H2/t8-,9-/m1/s1.